The van der Waals surface area contributed by atoms with Crippen molar-refractivity contribution in [2.75, 3.05) is 0 Å². The molecule has 0 fully saturated rings. The van der Waals surface area contributed by atoms with Gasteiger partial charge in [0.05, 0.1) is 5.39 Å². The molecule has 3 nitrogen and oxygen atoms in total. The Bertz CT molecular complexity index is 1120. The summed E-state index contributed by atoms with van der Waals surface area (Å²) in [5.41, 5.74) is 2.33. The summed E-state index contributed by atoms with van der Waals surface area (Å²) < 4.78 is 11.3. The molecule has 0 aliphatic heterocycles. The van der Waals surface area contributed by atoms with E-state index in [1.807, 2.05) is 54.6 Å². The predicted molar refractivity (Wildman–Crippen MR) is 101 cm³/mol. The Labute approximate surface area is 144 Å². The van der Waals surface area contributed by atoms with E-state index in [-0.39, 0.29) is 5.63 Å². The summed E-state index contributed by atoms with van der Waals surface area (Å²) in [6, 6.07) is 21.0. The summed E-state index contributed by atoms with van der Waals surface area (Å²) >= 11 is 0. The molecule has 0 saturated heterocycles. The second-order valence-electron chi connectivity index (χ2n) is 5.83. The predicted octanol–water partition coefficient (Wildman–Crippen LogP) is 5.17. The Kier molecular flexibility index (Phi) is 3.82. The summed E-state index contributed by atoms with van der Waals surface area (Å²) in [6.07, 6.45) is 1.81. The smallest absolute Gasteiger partial charge is 0.344 e. The van der Waals surface area contributed by atoms with Crippen molar-refractivity contribution >= 4 is 27.8 Å². The molecule has 122 valence electrons. The van der Waals surface area contributed by atoms with Gasteiger partial charge in [-0.05, 0) is 34.7 Å². The van der Waals surface area contributed by atoms with Crippen LogP contribution in [0.3, 0.4) is 0 Å². The van der Waals surface area contributed by atoms with Crippen LogP contribution in [0.2, 0.25) is 0 Å². The Morgan fingerprint density at radius 1 is 0.920 bits per heavy atom. The van der Waals surface area contributed by atoms with Crippen molar-refractivity contribution < 1.29 is 9.15 Å². The number of benzene rings is 3. The van der Waals surface area contributed by atoms with Crippen LogP contribution in [-0.2, 0) is 6.61 Å². The van der Waals surface area contributed by atoms with Gasteiger partial charge >= 0.3 is 5.63 Å². The van der Waals surface area contributed by atoms with Gasteiger partial charge in [-0.3, -0.25) is 0 Å². The molecule has 0 radical (unpaired) electrons. The lowest BCUT2D eigenvalue weighted by Gasteiger charge is -2.08. The highest BCUT2D eigenvalue weighted by atomic mass is 16.5. The van der Waals surface area contributed by atoms with Crippen LogP contribution in [0.25, 0.3) is 27.8 Å². The third-order valence-corrected chi connectivity index (χ3v) is 4.21. The lowest BCUT2D eigenvalue weighted by Crippen LogP contribution is -2.00. The highest BCUT2D eigenvalue weighted by Crippen LogP contribution is 2.26. The fourth-order valence-electron chi connectivity index (χ4n) is 2.87. The highest BCUT2D eigenvalue weighted by Gasteiger charge is 2.08. The average Bonchev–Trinajstić information content (AvgIpc) is 2.67. The molecule has 1 heterocycles. The van der Waals surface area contributed by atoms with Gasteiger partial charge in [0.1, 0.15) is 17.9 Å². The van der Waals surface area contributed by atoms with E-state index < -0.39 is 0 Å². The van der Waals surface area contributed by atoms with Crippen molar-refractivity contribution in [3.05, 3.63) is 94.9 Å². The SMILES string of the molecule is C=Cc1ccc(COc2ccc3c(c2)oc(=O)c2ccccc23)cc1. The zero-order valence-corrected chi connectivity index (χ0v) is 13.6. The summed E-state index contributed by atoms with van der Waals surface area (Å²) in [7, 11) is 0. The molecule has 0 unspecified atom stereocenters. The number of fused-ring (bicyclic) bond motifs is 3. The Morgan fingerprint density at radius 2 is 1.68 bits per heavy atom. The molecule has 0 atom stereocenters. The molecule has 25 heavy (non-hydrogen) atoms. The van der Waals surface area contributed by atoms with E-state index in [9.17, 15) is 4.79 Å². The van der Waals surface area contributed by atoms with Crippen LogP contribution >= 0.6 is 0 Å². The van der Waals surface area contributed by atoms with Crippen LogP contribution in [0, 0.1) is 0 Å². The van der Waals surface area contributed by atoms with E-state index in [1.54, 1.807) is 18.2 Å². The Morgan fingerprint density at radius 3 is 2.44 bits per heavy atom. The van der Waals surface area contributed by atoms with Gasteiger partial charge in [0.15, 0.2) is 0 Å². The molecule has 4 aromatic rings. The highest BCUT2D eigenvalue weighted by molar-refractivity contribution is 6.04. The maximum Gasteiger partial charge on any atom is 0.344 e. The quantitative estimate of drug-likeness (QED) is 0.383. The van der Waals surface area contributed by atoms with Gasteiger partial charge in [0.2, 0.25) is 0 Å². The lowest BCUT2D eigenvalue weighted by molar-refractivity contribution is 0.306. The summed E-state index contributed by atoms with van der Waals surface area (Å²) in [5.74, 6) is 0.665. The van der Waals surface area contributed by atoms with Gasteiger partial charge < -0.3 is 9.15 Å². The molecule has 3 aromatic carbocycles. The van der Waals surface area contributed by atoms with E-state index in [2.05, 4.69) is 6.58 Å². The van der Waals surface area contributed by atoms with Crippen LogP contribution < -0.4 is 10.4 Å². The third kappa shape index (κ3) is 2.92. The molecule has 0 aliphatic carbocycles. The number of hydrogen-bond acceptors (Lipinski definition) is 3. The molecule has 0 bridgehead atoms. The van der Waals surface area contributed by atoms with Gasteiger partial charge in [-0.1, -0.05) is 55.1 Å². The number of rotatable bonds is 4. The van der Waals surface area contributed by atoms with Crippen LogP contribution in [0.4, 0.5) is 0 Å². The Hall–Kier alpha value is -3.33. The fourth-order valence-corrected chi connectivity index (χ4v) is 2.87. The zero-order valence-electron chi connectivity index (χ0n) is 13.6. The maximum absolute atomic E-state index is 12.1. The summed E-state index contributed by atoms with van der Waals surface area (Å²) in [4.78, 5) is 12.1. The van der Waals surface area contributed by atoms with E-state index in [4.69, 9.17) is 9.15 Å². The van der Waals surface area contributed by atoms with Crippen molar-refractivity contribution in [2.45, 2.75) is 6.61 Å². The number of hydrogen-bond donors (Lipinski definition) is 0. The van der Waals surface area contributed by atoms with E-state index in [1.165, 1.54) is 0 Å². The fraction of sp³-hybridized carbons (Fsp3) is 0.0455. The van der Waals surface area contributed by atoms with Crippen molar-refractivity contribution in [3.63, 3.8) is 0 Å². The maximum atomic E-state index is 12.1. The van der Waals surface area contributed by atoms with E-state index >= 15 is 0 Å². The first-order chi connectivity index (χ1) is 12.2. The monoisotopic (exact) mass is 328 g/mol. The number of ether oxygens (including phenoxy) is 1. The van der Waals surface area contributed by atoms with E-state index in [0.717, 1.165) is 21.9 Å². The van der Waals surface area contributed by atoms with Crippen LogP contribution in [0.1, 0.15) is 11.1 Å². The zero-order chi connectivity index (χ0) is 17.2. The van der Waals surface area contributed by atoms with Crippen LogP contribution in [-0.4, -0.2) is 0 Å². The van der Waals surface area contributed by atoms with Crippen molar-refractivity contribution in [1.82, 2.24) is 0 Å². The molecular formula is C22H16O3. The van der Waals surface area contributed by atoms with E-state index in [0.29, 0.717) is 23.3 Å². The van der Waals surface area contributed by atoms with Gasteiger partial charge in [0, 0.05) is 11.5 Å². The normalized spacial score (nSPS) is 10.9. The minimum atomic E-state index is -0.333. The van der Waals surface area contributed by atoms with Gasteiger partial charge in [-0.15, -0.1) is 0 Å². The molecular weight excluding hydrogens is 312 g/mol. The lowest BCUT2D eigenvalue weighted by atomic mass is 10.1. The molecule has 0 spiro atoms. The Balaban J connectivity index is 1.65. The topological polar surface area (TPSA) is 39.4 Å². The molecule has 0 amide bonds. The molecule has 4 rings (SSSR count). The standard InChI is InChI=1S/C22H16O3/c1-2-15-7-9-16(10-8-15)14-24-17-11-12-19-18-5-3-4-6-20(18)22(23)25-21(19)13-17/h2-13H,1,14H2. The van der Waals surface area contributed by atoms with Crippen LogP contribution in [0.15, 0.2) is 82.5 Å². The second-order valence-corrected chi connectivity index (χ2v) is 5.83. The first kappa shape index (κ1) is 15.2. The molecule has 0 saturated carbocycles. The van der Waals surface area contributed by atoms with Gasteiger partial charge in [0.25, 0.3) is 0 Å². The largest absolute Gasteiger partial charge is 0.489 e. The second kappa shape index (κ2) is 6.29. The minimum Gasteiger partial charge on any atom is -0.489 e. The van der Waals surface area contributed by atoms with Gasteiger partial charge in [-0.2, -0.15) is 0 Å². The third-order valence-electron chi connectivity index (χ3n) is 4.21. The van der Waals surface area contributed by atoms with Crippen LogP contribution in [0.5, 0.6) is 5.75 Å². The van der Waals surface area contributed by atoms with Gasteiger partial charge in [-0.25, -0.2) is 4.79 Å². The van der Waals surface area contributed by atoms with Crippen molar-refractivity contribution in [1.29, 1.82) is 0 Å². The summed E-state index contributed by atoms with van der Waals surface area (Å²) in [5, 5.41) is 2.38. The molecule has 3 heteroatoms. The average molecular weight is 328 g/mol. The first-order valence-corrected chi connectivity index (χ1v) is 8.04. The first-order valence-electron chi connectivity index (χ1n) is 8.04. The molecule has 0 aliphatic rings. The van der Waals surface area contributed by atoms with Crippen molar-refractivity contribution in [2.24, 2.45) is 0 Å². The minimum absolute atomic E-state index is 0.333. The molecule has 1 aromatic heterocycles. The summed E-state index contributed by atoms with van der Waals surface area (Å²) in [6.45, 7) is 4.19. The molecule has 0 N–H and O–H groups in total. The van der Waals surface area contributed by atoms with Crippen molar-refractivity contribution in [3.8, 4) is 5.75 Å².